The minimum Gasteiger partial charge on any atom is -0.245 e. The van der Waals surface area contributed by atoms with E-state index in [2.05, 4.69) is 13.8 Å². The molecule has 0 saturated heterocycles. The van der Waals surface area contributed by atoms with E-state index in [1.54, 1.807) is 6.20 Å². The van der Waals surface area contributed by atoms with Gasteiger partial charge in [0.25, 0.3) is 0 Å². The first-order valence-electron chi connectivity index (χ1n) is 8.39. The highest BCUT2D eigenvalue weighted by atomic mass is 32.2. The standard InChI is InChI=1S/C20H23NO2S/c1-3-18-10-7-11-19-16(2)12-14-21(20(18)19)24(22,23)15-13-17-8-5-4-6-9-17/h4-12,14,16H,3,13,15H2,1-2H3. The zero-order chi connectivity index (χ0) is 17.2. The van der Waals surface area contributed by atoms with Gasteiger partial charge >= 0.3 is 0 Å². The Bertz CT molecular complexity index is 841. The molecule has 126 valence electrons. The Morgan fingerprint density at radius 3 is 2.50 bits per heavy atom. The van der Waals surface area contributed by atoms with E-state index in [-0.39, 0.29) is 11.7 Å². The average molecular weight is 341 g/mol. The molecule has 3 rings (SSSR count). The predicted octanol–water partition coefficient (Wildman–Crippen LogP) is 4.26. The number of rotatable bonds is 5. The maximum absolute atomic E-state index is 13.0. The van der Waals surface area contributed by atoms with Crippen LogP contribution < -0.4 is 4.31 Å². The molecule has 24 heavy (non-hydrogen) atoms. The van der Waals surface area contributed by atoms with Crippen LogP contribution in [-0.2, 0) is 22.9 Å². The molecule has 2 aromatic carbocycles. The molecule has 1 aliphatic heterocycles. The van der Waals surface area contributed by atoms with Gasteiger partial charge in [0.2, 0.25) is 10.0 Å². The number of hydrogen-bond acceptors (Lipinski definition) is 2. The van der Waals surface area contributed by atoms with Gasteiger partial charge in [-0.2, -0.15) is 0 Å². The van der Waals surface area contributed by atoms with Crippen LogP contribution in [0, 0.1) is 0 Å². The van der Waals surface area contributed by atoms with Gasteiger partial charge in [-0.15, -0.1) is 0 Å². The van der Waals surface area contributed by atoms with Crippen LogP contribution in [-0.4, -0.2) is 14.2 Å². The molecule has 0 fully saturated rings. The maximum Gasteiger partial charge on any atom is 0.239 e. The molecule has 0 aromatic heterocycles. The lowest BCUT2D eigenvalue weighted by atomic mass is 9.93. The molecule has 2 aromatic rings. The SMILES string of the molecule is CCc1cccc2c1N(S(=O)(=O)CCc1ccccc1)C=CC2C. The highest BCUT2D eigenvalue weighted by Crippen LogP contribution is 2.38. The summed E-state index contributed by atoms with van der Waals surface area (Å²) in [4.78, 5) is 0. The molecule has 0 N–H and O–H groups in total. The molecule has 1 unspecified atom stereocenters. The van der Waals surface area contributed by atoms with Crippen molar-refractivity contribution in [2.24, 2.45) is 0 Å². The number of allylic oxidation sites excluding steroid dienone is 1. The number of para-hydroxylation sites is 1. The molecule has 3 nitrogen and oxygen atoms in total. The fourth-order valence-electron chi connectivity index (χ4n) is 3.14. The Labute approximate surface area is 144 Å². The van der Waals surface area contributed by atoms with Gasteiger partial charge in [0.15, 0.2) is 0 Å². The van der Waals surface area contributed by atoms with Gasteiger partial charge in [-0.3, -0.25) is 0 Å². The lowest BCUT2D eigenvalue weighted by Gasteiger charge is -2.30. The number of aryl methyl sites for hydroxylation is 2. The molecule has 0 amide bonds. The topological polar surface area (TPSA) is 37.4 Å². The number of sulfonamides is 1. The normalized spacial score (nSPS) is 16.9. The van der Waals surface area contributed by atoms with Gasteiger partial charge in [0.05, 0.1) is 11.4 Å². The molecular formula is C20H23NO2S. The van der Waals surface area contributed by atoms with Crippen molar-refractivity contribution >= 4 is 15.7 Å². The van der Waals surface area contributed by atoms with Gasteiger partial charge in [-0.25, -0.2) is 12.7 Å². The van der Waals surface area contributed by atoms with E-state index in [0.717, 1.165) is 28.8 Å². The van der Waals surface area contributed by atoms with E-state index >= 15 is 0 Å². The van der Waals surface area contributed by atoms with E-state index < -0.39 is 10.0 Å². The summed E-state index contributed by atoms with van der Waals surface area (Å²) < 4.78 is 27.4. The molecule has 1 atom stereocenters. The largest absolute Gasteiger partial charge is 0.245 e. The van der Waals surface area contributed by atoms with Crippen molar-refractivity contribution in [1.82, 2.24) is 0 Å². The van der Waals surface area contributed by atoms with Crippen LogP contribution in [0.25, 0.3) is 0 Å². The fourth-order valence-corrected chi connectivity index (χ4v) is 4.59. The van der Waals surface area contributed by atoms with Crippen molar-refractivity contribution in [3.05, 3.63) is 77.5 Å². The molecule has 4 heteroatoms. The van der Waals surface area contributed by atoms with Gasteiger partial charge in [0, 0.05) is 12.1 Å². The minimum atomic E-state index is -3.40. The van der Waals surface area contributed by atoms with E-state index in [4.69, 9.17) is 0 Å². The van der Waals surface area contributed by atoms with Crippen molar-refractivity contribution in [3.8, 4) is 0 Å². The zero-order valence-electron chi connectivity index (χ0n) is 14.1. The van der Waals surface area contributed by atoms with Crippen LogP contribution >= 0.6 is 0 Å². The van der Waals surface area contributed by atoms with Crippen LogP contribution in [0.2, 0.25) is 0 Å². The van der Waals surface area contributed by atoms with Crippen LogP contribution in [0.5, 0.6) is 0 Å². The predicted molar refractivity (Wildman–Crippen MR) is 99.8 cm³/mol. The lowest BCUT2D eigenvalue weighted by Crippen LogP contribution is -2.32. The molecule has 0 saturated carbocycles. The van der Waals surface area contributed by atoms with E-state index in [0.29, 0.717) is 6.42 Å². The third-order valence-electron chi connectivity index (χ3n) is 4.54. The van der Waals surface area contributed by atoms with Crippen molar-refractivity contribution < 1.29 is 8.42 Å². The number of nitrogens with zero attached hydrogens (tertiary/aromatic N) is 1. The second-order valence-corrected chi connectivity index (χ2v) is 8.15. The zero-order valence-corrected chi connectivity index (χ0v) is 15.0. The third-order valence-corrected chi connectivity index (χ3v) is 6.17. The highest BCUT2D eigenvalue weighted by molar-refractivity contribution is 7.92. The summed E-state index contributed by atoms with van der Waals surface area (Å²) in [5.74, 6) is 0.333. The smallest absolute Gasteiger partial charge is 0.239 e. The molecule has 0 bridgehead atoms. The molecule has 0 spiro atoms. The second kappa shape index (κ2) is 6.81. The summed E-state index contributed by atoms with van der Waals surface area (Å²) in [6.45, 7) is 4.16. The first-order chi connectivity index (χ1) is 11.5. The Kier molecular flexibility index (Phi) is 4.76. The van der Waals surface area contributed by atoms with Crippen molar-refractivity contribution in [3.63, 3.8) is 0 Å². The Balaban J connectivity index is 1.93. The summed E-state index contributed by atoms with van der Waals surface area (Å²) >= 11 is 0. The monoisotopic (exact) mass is 341 g/mol. The van der Waals surface area contributed by atoms with E-state index in [1.807, 2.05) is 54.6 Å². The summed E-state index contributed by atoms with van der Waals surface area (Å²) in [5.41, 5.74) is 4.05. The minimum absolute atomic E-state index is 0.104. The van der Waals surface area contributed by atoms with Gasteiger partial charge in [-0.1, -0.05) is 68.5 Å². The molecule has 0 radical (unpaired) electrons. The highest BCUT2D eigenvalue weighted by Gasteiger charge is 2.28. The number of hydrogen-bond donors (Lipinski definition) is 0. The summed E-state index contributed by atoms with van der Waals surface area (Å²) in [6, 6.07) is 15.8. The Hall–Kier alpha value is -2.07. The second-order valence-electron chi connectivity index (χ2n) is 6.19. The molecular weight excluding hydrogens is 318 g/mol. The third kappa shape index (κ3) is 3.24. The number of fused-ring (bicyclic) bond motifs is 1. The van der Waals surface area contributed by atoms with Crippen molar-refractivity contribution in [2.45, 2.75) is 32.6 Å². The molecule has 1 aliphatic rings. The number of benzene rings is 2. The number of anilines is 1. The Morgan fingerprint density at radius 1 is 1.04 bits per heavy atom. The Morgan fingerprint density at radius 2 is 1.79 bits per heavy atom. The molecule has 0 aliphatic carbocycles. The van der Waals surface area contributed by atoms with Crippen molar-refractivity contribution in [2.75, 3.05) is 10.1 Å². The van der Waals surface area contributed by atoms with Crippen LogP contribution in [0.3, 0.4) is 0 Å². The average Bonchev–Trinajstić information content (AvgIpc) is 2.61. The molecule has 1 heterocycles. The van der Waals surface area contributed by atoms with Crippen LogP contribution in [0.1, 0.15) is 36.5 Å². The van der Waals surface area contributed by atoms with E-state index in [9.17, 15) is 8.42 Å². The fraction of sp³-hybridized carbons (Fsp3) is 0.300. The summed E-state index contributed by atoms with van der Waals surface area (Å²) in [5, 5.41) is 0. The van der Waals surface area contributed by atoms with Crippen LogP contribution in [0.4, 0.5) is 5.69 Å². The first-order valence-corrected chi connectivity index (χ1v) is 10.00. The van der Waals surface area contributed by atoms with Gasteiger partial charge in [0.1, 0.15) is 0 Å². The summed E-state index contributed by atoms with van der Waals surface area (Å²) in [7, 11) is -3.40. The van der Waals surface area contributed by atoms with Crippen LogP contribution in [0.15, 0.2) is 60.8 Å². The van der Waals surface area contributed by atoms with E-state index in [1.165, 1.54) is 4.31 Å². The van der Waals surface area contributed by atoms with Crippen molar-refractivity contribution in [1.29, 1.82) is 0 Å². The van der Waals surface area contributed by atoms with Gasteiger partial charge in [-0.05, 0) is 29.5 Å². The lowest BCUT2D eigenvalue weighted by molar-refractivity contribution is 0.594. The first kappa shape index (κ1) is 16.8. The maximum atomic E-state index is 13.0. The summed E-state index contributed by atoms with van der Waals surface area (Å²) in [6.07, 6.45) is 5.02. The quantitative estimate of drug-likeness (QED) is 0.815. The van der Waals surface area contributed by atoms with Gasteiger partial charge < -0.3 is 0 Å².